The normalized spacial score (nSPS) is 20.6. The summed E-state index contributed by atoms with van der Waals surface area (Å²) in [6.07, 6.45) is 20.3. The quantitative estimate of drug-likeness (QED) is 0.219. The van der Waals surface area contributed by atoms with Gasteiger partial charge in [0.1, 0.15) is 0 Å². The molecule has 25 heavy (non-hydrogen) atoms. The molecule has 0 bridgehead atoms. The zero-order valence-electron chi connectivity index (χ0n) is 16.8. The van der Waals surface area contributed by atoms with Gasteiger partial charge in [-0.25, -0.2) is 0 Å². The van der Waals surface area contributed by atoms with Crippen molar-refractivity contribution in [3.05, 3.63) is 0 Å². The summed E-state index contributed by atoms with van der Waals surface area (Å²) in [4.78, 5) is 11.2. The number of unbranched alkanes of at least 4 members (excludes halogenated alkanes) is 9. The van der Waals surface area contributed by atoms with Crippen LogP contribution in [0.25, 0.3) is 0 Å². The van der Waals surface area contributed by atoms with Gasteiger partial charge in [0.05, 0.1) is 18.1 Å². The molecule has 3 heteroatoms. The maximum atomic E-state index is 11.2. The van der Waals surface area contributed by atoms with E-state index in [-0.39, 0.29) is 5.92 Å². The topological polar surface area (TPSA) is 49.8 Å². The molecule has 1 aliphatic heterocycles. The predicted octanol–water partition coefficient (Wildman–Crippen LogP) is 6.74. The van der Waals surface area contributed by atoms with Crippen LogP contribution in [-0.2, 0) is 9.53 Å². The smallest absolute Gasteiger partial charge is 0.306 e. The summed E-state index contributed by atoms with van der Waals surface area (Å²) in [5, 5.41) is 9.23. The Hall–Kier alpha value is -0.570. The van der Waals surface area contributed by atoms with E-state index in [4.69, 9.17) is 4.74 Å². The molecule has 1 heterocycles. The van der Waals surface area contributed by atoms with E-state index < -0.39 is 5.97 Å². The van der Waals surface area contributed by atoms with Crippen LogP contribution in [0.5, 0.6) is 0 Å². The highest BCUT2D eigenvalue weighted by atomic mass is 16.6. The van der Waals surface area contributed by atoms with Crippen molar-refractivity contribution < 1.29 is 14.6 Å². The highest BCUT2D eigenvalue weighted by molar-refractivity contribution is 5.69. The second kappa shape index (κ2) is 14.6. The van der Waals surface area contributed by atoms with Gasteiger partial charge in [0.25, 0.3) is 0 Å². The van der Waals surface area contributed by atoms with E-state index in [1.54, 1.807) is 0 Å². The molecule has 148 valence electrons. The number of rotatable bonds is 18. The van der Waals surface area contributed by atoms with E-state index in [0.29, 0.717) is 12.2 Å². The van der Waals surface area contributed by atoms with Gasteiger partial charge in [-0.1, -0.05) is 90.9 Å². The first-order valence-corrected chi connectivity index (χ1v) is 11.1. The van der Waals surface area contributed by atoms with Crippen LogP contribution in [0.15, 0.2) is 0 Å². The number of epoxide rings is 1. The van der Waals surface area contributed by atoms with E-state index in [2.05, 4.69) is 13.8 Å². The first-order chi connectivity index (χ1) is 12.2. The second-order valence-electron chi connectivity index (χ2n) is 7.94. The molecule has 0 aromatic heterocycles. The fraction of sp³-hybridized carbons (Fsp3) is 0.955. The molecule has 3 atom stereocenters. The molecule has 1 saturated heterocycles. The lowest BCUT2D eigenvalue weighted by molar-refractivity contribution is -0.142. The van der Waals surface area contributed by atoms with E-state index in [0.717, 1.165) is 32.1 Å². The van der Waals surface area contributed by atoms with Crippen molar-refractivity contribution in [1.82, 2.24) is 0 Å². The third-order valence-corrected chi connectivity index (χ3v) is 5.58. The lowest BCUT2D eigenvalue weighted by atomic mass is 9.95. The maximum Gasteiger partial charge on any atom is 0.306 e. The van der Waals surface area contributed by atoms with E-state index in [9.17, 15) is 9.90 Å². The Kier molecular flexibility index (Phi) is 13.1. The van der Waals surface area contributed by atoms with Crippen molar-refractivity contribution in [1.29, 1.82) is 0 Å². The number of carboxylic acid groups (broad SMARTS) is 1. The Morgan fingerprint density at radius 3 is 1.80 bits per heavy atom. The molecule has 0 aromatic rings. The van der Waals surface area contributed by atoms with Gasteiger partial charge >= 0.3 is 5.97 Å². The van der Waals surface area contributed by atoms with Crippen LogP contribution in [0.2, 0.25) is 0 Å². The second-order valence-corrected chi connectivity index (χ2v) is 7.94. The van der Waals surface area contributed by atoms with Crippen molar-refractivity contribution >= 4 is 5.97 Å². The lowest BCUT2D eigenvalue weighted by Crippen LogP contribution is -2.13. The van der Waals surface area contributed by atoms with Gasteiger partial charge in [-0.15, -0.1) is 0 Å². The van der Waals surface area contributed by atoms with Crippen molar-refractivity contribution in [3.8, 4) is 0 Å². The number of carbonyl (C=O) groups is 1. The van der Waals surface area contributed by atoms with Gasteiger partial charge in [-0.05, 0) is 25.7 Å². The van der Waals surface area contributed by atoms with Crippen LogP contribution in [-0.4, -0.2) is 23.3 Å². The van der Waals surface area contributed by atoms with Crippen LogP contribution in [0.3, 0.4) is 0 Å². The third-order valence-electron chi connectivity index (χ3n) is 5.58. The molecule has 3 unspecified atom stereocenters. The molecular weight excluding hydrogens is 312 g/mol. The van der Waals surface area contributed by atoms with Crippen molar-refractivity contribution in [3.63, 3.8) is 0 Å². The Labute approximate surface area is 155 Å². The summed E-state index contributed by atoms with van der Waals surface area (Å²) in [7, 11) is 0. The van der Waals surface area contributed by atoms with Crippen LogP contribution in [0, 0.1) is 5.92 Å². The maximum absolute atomic E-state index is 11.2. The largest absolute Gasteiger partial charge is 0.481 e. The first kappa shape index (κ1) is 22.5. The number of aliphatic carboxylic acids is 1. The minimum absolute atomic E-state index is 0.117. The van der Waals surface area contributed by atoms with Gasteiger partial charge in [-0.2, -0.15) is 0 Å². The predicted molar refractivity (Wildman–Crippen MR) is 105 cm³/mol. The summed E-state index contributed by atoms with van der Waals surface area (Å²) in [5.74, 6) is -0.717. The summed E-state index contributed by atoms with van der Waals surface area (Å²) >= 11 is 0. The van der Waals surface area contributed by atoms with Crippen molar-refractivity contribution in [2.24, 2.45) is 5.92 Å². The molecule has 1 N–H and O–H groups in total. The molecule has 0 saturated carbocycles. The first-order valence-electron chi connectivity index (χ1n) is 11.1. The third kappa shape index (κ3) is 11.6. The van der Waals surface area contributed by atoms with Crippen LogP contribution >= 0.6 is 0 Å². The molecular formula is C22H42O3. The Morgan fingerprint density at radius 2 is 1.24 bits per heavy atom. The van der Waals surface area contributed by atoms with Crippen LogP contribution in [0.4, 0.5) is 0 Å². The molecule has 3 nitrogen and oxygen atoms in total. The van der Waals surface area contributed by atoms with Gasteiger partial charge in [-0.3, -0.25) is 4.79 Å². The zero-order chi connectivity index (χ0) is 18.3. The summed E-state index contributed by atoms with van der Waals surface area (Å²) in [6.45, 7) is 4.39. The highest BCUT2D eigenvalue weighted by Gasteiger charge is 2.36. The average molecular weight is 355 g/mol. The van der Waals surface area contributed by atoms with Gasteiger partial charge in [0.2, 0.25) is 0 Å². The fourth-order valence-electron chi connectivity index (χ4n) is 3.74. The fourth-order valence-corrected chi connectivity index (χ4v) is 3.74. The highest BCUT2D eigenvalue weighted by Crippen LogP contribution is 2.32. The molecule has 0 radical (unpaired) electrons. The summed E-state index contributed by atoms with van der Waals surface area (Å²) < 4.78 is 5.79. The SMILES string of the molecule is CCCCCCCCC1OC1CCCCCCC(CCCC)C(=O)O. The molecule has 1 fully saturated rings. The summed E-state index contributed by atoms with van der Waals surface area (Å²) in [5.41, 5.74) is 0. The van der Waals surface area contributed by atoms with Crippen LogP contribution < -0.4 is 0 Å². The van der Waals surface area contributed by atoms with Gasteiger partial charge in [0, 0.05) is 0 Å². The standard InChI is InChI=1S/C22H42O3/c1-3-5-7-8-9-13-17-20-21(25-20)18-14-11-10-12-16-19(22(23)24)15-6-4-2/h19-21H,3-18H2,1-2H3,(H,23,24). The Bertz CT molecular complexity index is 329. The molecule has 0 aromatic carbocycles. The minimum Gasteiger partial charge on any atom is -0.481 e. The number of hydrogen-bond acceptors (Lipinski definition) is 2. The van der Waals surface area contributed by atoms with Crippen LogP contribution in [0.1, 0.15) is 117 Å². The Morgan fingerprint density at radius 1 is 0.760 bits per heavy atom. The number of hydrogen-bond donors (Lipinski definition) is 1. The van der Waals surface area contributed by atoms with Gasteiger partial charge in [0.15, 0.2) is 0 Å². The lowest BCUT2D eigenvalue weighted by Gasteiger charge is -2.11. The van der Waals surface area contributed by atoms with E-state index in [1.807, 2.05) is 0 Å². The van der Waals surface area contributed by atoms with E-state index >= 15 is 0 Å². The Balaban J connectivity index is 1.88. The number of carboxylic acids is 1. The van der Waals surface area contributed by atoms with Crippen molar-refractivity contribution in [2.75, 3.05) is 0 Å². The molecule has 0 aliphatic carbocycles. The molecule has 0 spiro atoms. The van der Waals surface area contributed by atoms with Crippen molar-refractivity contribution in [2.45, 2.75) is 129 Å². The zero-order valence-corrected chi connectivity index (χ0v) is 16.8. The van der Waals surface area contributed by atoms with Gasteiger partial charge < -0.3 is 9.84 Å². The number of ether oxygens (including phenoxy) is 1. The average Bonchev–Trinajstić information content (AvgIpc) is 3.34. The summed E-state index contributed by atoms with van der Waals surface area (Å²) in [6, 6.07) is 0. The molecule has 1 rings (SSSR count). The van der Waals surface area contributed by atoms with E-state index in [1.165, 1.54) is 70.6 Å². The minimum atomic E-state index is -0.600. The molecule has 0 amide bonds. The molecule has 1 aliphatic rings. The monoisotopic (exact) mass is 354 g/mol.